The summed E-state index contributed by atoms with van der Waals surface area (Å²) in [5, 5.41) is 0. The number of nitrogens with zero attached hydrogens (tertiary/aromatic N) is 1. The zero-order valence-electron chi connectivity index (χ0n) is 17.9. The first-order valence-electron chi connectivity index (χ1n) is 11.3. The second-order valence-electron chi connectivity index (χ2n) is 8.88. The van der Waals surface area contributed by atoms with E-state index in [-0.39, 0.29) is 42.7 Å². The molecule has 1 aromatic carbocycles. The Morgan fingerprint density at radius 1 is 0.935 bits per heavy atom. The zero-order valence-corrected chi connectivity index (χ0v) is 18.7. The van der Waals surface area contributed by atoms with Gasteiger partial charge in [-0.2, -0.15) is 0 Å². The van der Waals surface area contributed by atoms with Crippen LogP contribution in [0.1, 0.15) is 56.1 Å². The third-order valence-electron chi connectivity index (χ3n) is 6.64. The molecule has 1 aliphatic heterocycles. The van der Waals surface area contributed by atoms with Gasteiger partial charge in [-0.3, -0.25) is 4.79 Å². The fourth-order valence-electron chi connectivity index (χ4n) is 5.10. The molecule has 2 aliphatic carbocycles. The zero-order chi connectivity index (χ0) is 21.8. The summed E-state index contributed by atoms with van der Waals surface area (Å²) in [7, 11) is -3.11. The Balaban J connectivity index is 1.31. The highest BCUT2D eigenvalue weighted by Gasteiger charge is 2.38. The first kappa shape index (κ1) is 22.1. The van der Waals surface area contributed by atoms with Gasteiger partial charge in [0.05, 0.1) is 11.5 Å². The maximum absolute atomic E-state index is 13.0. The molecule has 1 aromatic rings. The van der Waals surface area contributed by atoms with Crippen LogP contribution in [0.2, 0.25) is 0 Å². The van der Waals surface area contributed by atoms with Crippen molar-refractivity contribution in [2.45, 2.75) is 69.9 Å². The Labute approximate surface area is 184 Å². The van der Waals surface area contributed by atoms with Crippen molar-refractivity contribution in [2.24, 2.45) is 0 Å². The average molecular weight is 450 g/mol. The first-order chi connectivity index (χ1) is 14.9. The fourth-order valence-corrected chi connectivity index (χ4v) is 6.81. The second kappa shape index (κ2) is 9.59. The van der Waals surface area contributed by atoms with Gasteiger partial charge in [0, 0.05) is 12.1 Å². The van der Waals surface area contributed by atoms with Gasteiger partial charge in [-0.05, 0) is 61.8 Å². The van der Waals surface area contributed by atoms with Crippen LogP contribution in [-0.2, 0) is 37.0 Å². The number of benzene rings is 1. The van der Waals surface area contributed by atoms with Crippen molar-refractivity contribution in [3.63, 3.8) is 0 Å². The molecule has 1 saturated carbocycles. The number of aryl methyl sites for hydroxylation is 2. The minimum atomic E-state index is -3.11. The standard InChI is InChI=1S/C23H31NO6S/c25-22(24(19-7-2-1-3-8-19)20-11-12-31(27,28)16-20)14-30-23(26)15-29-21-10-9-17-5-4-6-18(17)13-21/h9-10,13,19-20H,1-8,11-12,14-16H2. The monoisotopic (exact) mass is 449 g/mol. The molecule has 170 valence electrons. The molecule has 4 rings (SSSR count). The molecule has 2 fully saturated rings. The van der Waals surface area contributed by atoms with Crippen LogP contribution in [0.15, 0.2) is 18.2 Å². The summed E-state index contributed by atoms with van der Waals surface area (Å²) in [6.07, 6.45) is 8.65. The summed E-state index contributed by atoms with van der Waals surface area (Å²) in [6.45, 7) is -0.632. The number of sulfone groups is 1. The molecular weight excluding hydrogens is 418 g/mol. The molecule has 1 heterocycles. The Morgan fingerprint density at radius 2 is 1.71 bits per heavy atom. The van der Waals surface area contributed by atoms with E-state index in [0.717, 1.165) is 51.4 Å². The van der Waals surface area contributed by atoms with Crippen LogP contribution in [0.25, 0.3) is 0 Å². The minimum absolute atomic E-state index is 0.00459. The summed E-state index contributed by atoms with van der Waals surface area (Å²) in [5.41, 5.74) is 2.59. The van der Waals surface area contributed by atoms with Gasteiger partial charge in [0.1, 0.15) is 5.75 Å². The molecule has 0 bridgehead atoms. The van der Waals surface area contributed by atoms with Crippen molar-refractivity contribution in [3.05, 3.63) is 29.3 Å². The molecule has 1 saturated heterocycles. The highest BCUT2D eigenvalue weighted by molar-refractivity contribution is 7.91. The van der Waals surface area contributed by atoms with E-state index in [1.165, 1.54) is 11.1 Å². The van der Waals surface area contributed by atoms with Gasteiger partial charge in [0.2, 0.25) is 0 Å². The summed E-state index contributed by atoms with van der Waals surface area (Å²) in [6, 6.07) is 5.56. The topological polar surface area (TPSA) is 90.0 Å². The molecule has 0 aromatic heterocycles. The molecule has 1 atom stereocenters. The number of ether oxygens (including phenoxy) is 2. The molecule has 3 aliphatic rings. The second-order valence-corrected chi connectivity index (χ2v) is 11.1. The average Bonchev–Trinajstić information content (AvgIpc) is 3.37. The van der Waals surface area contributed by atoms with Crippen molar-refractivity contribution >= 4 is 21.7 Å². The lowest BCUT2D eigenvalue weighted by Gasteiger charge is -2.38. The SMILES string of the molecule is O=C(COc1ccc2c(c1)CCC2)OCC(=O)N(C1CCCCC1)C1CCS(=O)(=O)C1. The number of hydrogen-bond acceptors (Lipinski definition) is 6. The van der Waals surface area contributed by atoms with Gasteiger partial charge in [0.25, 0.3) is 5.91 Å². The van der Waals surface area contributed by atoms with Gasteiger partial charge in [-0.15, -0.1) is 0 Å². The van der Waals surface area contributed by atoms with Gasteiger partial charge in [0.15, 0.2) is 23.1 Å². The maximum Gasteiger partial charge on any atom is 0.344 e. The Hall–Kier alpha value is -2.09. The molecule has 0 radical (unpaired) electrons. The Kier molecular flexibility index (Phi) is 6.84. The number of hydrogen-bond donors (Lipinski definition) is 0. The molecule has 1 unspecified atom stereocenters. The Morgan fingerprint density at radius 3 is 2.45 bits per heavy atom. The number of amides is 1. The van der Waals surface area contributed by atoms with Gasteiger partial charge >= 0.3 is 5.97 Å². The van der Waals surface area contributed by atoms with E-state index in [2.05, 4.69) is 0 Å². The van der Waals surface area contributed by atoms with Crippen LogP contribution in [0, 0.1) is 0 Å². The van der Waals surface area contributed by atoms with E-state index in [1.54, 1.807) is 4.90 Å². The van der Waals surface area contributed by atoms with Crippen LogP contribution in [0.5, 0.6) is 5.75 Å². The number of carbonyl (C=O) groups excluding carboxylic acids is 2. The van der Waals surface area contributed by atoms with Crippen molar-refractivity contribution in [1.82, 2.24) is 4.90 Å². The molecule has 7 nitrogen and oxygen atoms in total. The van der Waals surface area contributed by atoms with Crippen LogP contribution in [0.4, 0.5) is 0 Å². The summed E-state index contributed by atoms with van der Waals surface area (Å²) >= 11 is 0. The van der Waals surface area contributed by atoms with Crippen molar-refractivity contribution in [2.75, 3.05) is 24.7 Å². The van der Waals surface area contributed by atoms with E-state index in [9.17, 15) is 18.0 Å². The highest BCUT2D eigenvalue weighted by Crippen LogP contribution is 2.29. The molecular formula is C23H31NO6S. The van der Waals surface area contributed by atoms with Gasteiger partial charge < -0.3 is 14.4 Å². The van der Waals surface area contributed by atoms with Crippen molar-refractivity contribution in [3.8, 4) is 5.75 Å². The first-order valence-corrected chi connectivity index (χ1v) is 13.2. The van der Waals surface area contributed by atoms with E-state index < -0.39 is 15.8 Å². The van der Waals surface area contributed by atoms with E-state index in [1.807, 2.05) is 18.2 Å². The summed E-state index contributed by atoms with van der Waals surface area (Å²) < 4.78 is 34.7. The summed E-state index contributed by atoms with van der Waals surface area (Å²) in [4.78, 5) is 26.8. The molecule has 0 N–H and O–H groups in total. The van der Waals surface area contributed by atoms with Crippen molar-refractivity contribution in [1.29, 1.82) is 0 Å². The third kappa shape index (κ3) is 5.59. The summed E-state index contributed by atoms with van der Waals surface area (Å²) in [5.74, 6) is -0.159. The number of rotatable bonds is 7. The molecule has 0 spiro atoms. The smallest absolute Gasteiger partial charge is 0.344 e. The van der Waals surface area contributed by atoms with E-state index >= 15 is 0 Å². The minimum Gasteiger partial charge on any atom is -0.482 e. The maximum atomic E-state index is 13.0. The normalized spacial score (nSPS) is 22.6. The van der Waals surface area contributed by atoms with E-state index in [0.29, 0.717) is 12.2 Å². The number of fused-ring (bicyclic) bond motifs is 1. The number of esters is 1. The van der Waals surface area contributed by atoms with Crippen LogP contribution in [0.3, 0.4) is 0 Å². The van der Waals surface area contributed by atoms with Gasteiger partial charge in [-0.1, -0.05) is 25.3 Å². The Bertz CT molecular complexity index is 922. The lowest BCUT2D eigenvalue weighted by Crippen LogP contribution is -2.50. The lowest BCUT2D eigenvalue weighted by atomic mass is 9.93. The molecule has 1 amide bonds. The van der Waals surface area contributed by atoms with Crippen LogP contribution >= 0.6 is 0 Å². The van der Waals surface area contributed by atoms with Gasteiger partial charge in [-0.25, -0.2) is 13.2 Å². The molecule has 31 heavy (non-hydrogen) atoms. The van der Waals surface area contributed by atoms with E-state index in [4.69, 9.17) is 9.47 Å². The third-order valence-corrected chi connectivity index (χ3v) is 8.39. The van der Waals surface area contributed by atoms with Crippen LogP contribution < -0.4 is 4.74 Å². The molecule has 8 heteroatoms. The fraction of sp³-hybridized carbons (Fsp3) is 0.652. The predicted molar refractivity (Wildman–Crippen MR) is 116 cm³/mol. The van der Waals surface area contributed by atoms with Crippen LogP contribution in [-0.4, -0.2) is 62.0 Å². The number of carbonyl (C=O) groups is 2. The van der Waals surface area contributed by atoms with Crippen molar-refractivity contribution < 1.29 is 27.5 Å². The lowest BCUT2D eigenvalue weighted by molar-refractivity contribution is -0.155. The predicted octanol–water partition coefficient (Wildman–Crippen LogP) is 2.45. The quantitative estimate of drug-likeness (QED) is 0.594. The highest BCUT2D eigenvalue weighted by atomic mass is 32.2. The largest absolute Gasteiger partial charge is 0.482 e.